The average Bonchev–Trinajstić information content (AvgIpc) is 3.27. The molecule has 8 heteroatoms. The quantitative estimate of drug-likeness (QED) is 0.680. The first-order chi connectivity index (χ1) is 12.5. The first-order valence-corrected chi connectivity index (χ1v) is 11.3. The molecule has 2 fully saturated rings. The third-order valence-corrected chi connectivity index (χ3v) is 7.12. The van der Waals surface area contributed by atoms with Crippen molar-refractivity contribution in [1.29, 1.82) is 0 Å². The molecule has 0 aromatic carbocycles. The highest BCUT2D eigenvalue weighted by Crippen LogP contribution is 2.22. The summed E-state index contributed by atoms with van der Waals surface area (Å²) in [4.78, 5) is 6.61. The molecule has 1 unspecified atom stereocenters. The Labute approximate surface area is 156 Å². The molecule has 0 amide bonds. The Hall–Kier alpha value is -0.960. The van der Waals surface area contributed by atoms with Gasteiger partial charge in [-0.05, 0) is 39.2 Å². The first-order valence-electron chi connectivity index (χ1n) is 9.68. The van der Waals surface area contributed by atoms with Gasteiger partial charge in [0.25, 0.3) is 0 Å². The van der Waals surface area contributed by atoms with Crippen molar-refractivity contribution < 1.29 is 17.9 Å². The standard InChI is InChI=1S/C18H31N3O4S/c1-3-11-26(22,23)18-19-12-16(21(18)14-17-5-4-8-25-17)13-20(2)15-6-9-24-10-7-15/h12,15,17H,3-11,13-14H2,1-2H3. The maximum atomic E-state index is 12.7. The predicted octanol–water partition coefficient (Wildman–Crippen LogP) is 1.86. The maximum Gasteiger partial charge on any atom is 0.227 e. The van der Waals surface area contributed by atoms with Gasteiger partial charge in [-0.1, -0.05) is 6.92 Å². The summed E-state index contributed by atoms with van der Waals surface area (Å²) in [5.41, 5.74) is 0.948. The van der Waals surface area contributed by atoms with Crippen LogP contribution in [-0.2, 0) is 32.4 Å². The van der Waals surface area contributed by atoms with E-state index >= 15 is 0 Å². The van der Waals surface area contributed by atoms with Crippen molar-refractivity contribution >= 4 is 9.84 Å². The molecule has 0 aliphatic carbocycles. The molecule has 2 aliphatic rings. The summed E-state index contributed by atoms with van der Waals surface area (Å²) in [5.74, 6) is 0.130. The Bertz CT molecular complexity index is 677. The lowest BCUT2D eigenvalue weighted by Crippen LogP contribution is -2.37. The smallest absolute Gasteiger partial charge is 0.227 e. The Morgan fingerprint density at radius 2 is 2.04 bits per heavy atom. The van der Waals surface area contributed by atoms with Gasteiger partial charge in [0, 0.05) is 32.4 Å². The molecule has 148 valence electrons. The SMILES string of the molecule is CCCS(=O)(=O)c1ncc(CN(C)C2CCOCC2)n1CC1CCCO1. The molecule has 0 bridgehead atoms. The zero-order valence-electron chi connectivity index (χ0n) is 15.9. The number of sulfone groups is 1. The fourth-order valence-electron chi connectivity index (χ4n) is 3.82. The number of aromatic nitrogens is 2. The molecule has 26 heavy (non-hydrogen) atoms. The molecule has 7 nitrogen and oxygen atoms in total. The Morgan fingerprint density at radius 1 is 1.27 bits per heavy atom. The highest BCUT2D eigenvalue weighted by atomic mass is 32.2. The van der Waals surface area contributed by atoms with Crippen LogP contribution in [0.4, 0.5) is 0 Å². The largest absolute Gasteiger partial charge is 0.381 e. The van der Waals surface area contributed by atoms with E-state index in [0.717, 1.165) is 51.2 Å². The van der Waals surface area contributed by atoms with E-state index in [0.29, 0.717) is 25.6 Å². The molecule has 1 aromatic heterocycles. The second kappa shape index (κ2) is 8.82. The third kappa shape index (κ3) is 4.65. The molecule has 3 heterocycles. The number of ether oxygens (including phenoxy) is 2. The summed E-state index contributed by atoms with van der Waals surface area (Å²) in [6.07, 6.45) is 6.43. The van der Waals surface area contributed by atoms with Crippen molar-refractivity contribution in [3.05, 3.63) is 11.9 Å². The molecule has 0 spiro atoms. The Balaban J connectivity index is 1.82. The van der Waals surface area contributed by atoms with E-state index < -0.39 is 9.84 Å². The number of imidazole rings is 1. The van der Waals surface area contributed by atoms with Crippen LogP contribution in [0.1, 0.15) is 44.7 Å². The molecular formula is C18H31N3O4S. The van der Waals surface area contributed by atoms with Crippen LogP contribution in [0.3, 0.4) is 0 Å². The minimum Gasteiger partial charge on any atom is -0.381 e. The summed E-state index contributed by atoms with van der Waals surface area (Å²) < 4.78 is 38.4. The van der Waals surface area contributed by atoms with E-state index in [-0.39, 0.29) is 17.0 Å². The lowest BCUT2D eigenvalue weighted by molar-refractivity contribution is 0.0394. The minimum atomic E-state index is -3.36. The summed E-state index contributed by atoms with van der Waals surface area (Å²) in [6, 6.07) is 0.463. The monoisotopic (exact) mass is 385 g/mol. The average molecular weight is 386 g/mol. The van der Waals surface area contributed by atoms with E-state index in [9.17, 15) is 8.42 Å². The molecule has 1 aromatic rings. The molecule has 3 rings (SSSR count). The van der Waals surface area contributed by atoms with Gasteiger partial charge in [0.05, 0.1) is 30.3 Å². The van der Waals surface area contributed by atoms with Gasteiger partial charge in [-0.3, -0.25) is 4.90 Å². The van der Waals surface area contributed by atoms with Crippen molar-refractivity contribution in [1.82, 2.24) is 14.5 Å². The van der Waals surface area contributed by atoms with Crippen molar-refractivity contribution in [2.24, 2.45) is 0 Å². The minimum absolute atomic E-state index is 0.0758. The summed E-state index contributed by atoms with van der Waals surface area (Å²) >= 11 is 0. The number of hydrogen-bond donors (Lipinski definition) is 0. The van der Waals surface area contributed by atoms with Gasteiger partial charge in [0.2, 0.25) is 15.0 Å². The van der Waals surface area contributed by atoms with Crippen molar-refractivity contribution in [2.45, 2.75) is 69.4 Å². The number of nitrogens with zero attached hydrogens (tertiary/aromatic N) is 3. The highest BCUT2D eigenvalue weighted by molar-refractivity contribution is 7.91. The molecule has 0 radical (unpaired) electrons. The highest BCUT2D eigenvalue weighted by Gasteiger charge is 2.27. The van der Waals surface area contributed by atoms with Crippen LogP contribution in [0.15, 0.2) is 11.4 Å². The number of hydrogen-bond acceptors (Lipinski definition) is 6. The van der Waals surface area contributed by atoms with Gasteiger partial charge in [-0.2, -0.15) is 0 Å². The third-order valence-electron chi connectivity index (χ3n) is 5.29. The van der Waals surface area contributed by atoms with Crippen molar-refractivity contribution in [3.63, 3.8) is 0 Å². The molecule has 1 atom stereocenters. The van der Waals surface area contributed by atoms with Gasteiger partial charge in [-0.15, -0.1) is 0 Å². The van der Waals surface area contributed by atoms with Crippen LogP contribution < -0.4 is 0 Å². The molecule has 2 aliphatic heterocycles. The van der Waals surface area contributed by atoms with Crippen LogP contribution >= 0.6 is 0 Å². The molecule has 0 saturated carbocycles. The Morgan fingerprint density at radius 3 is 2.69 bits per heavy atom. The lowest BCUT2D eigenvalue weighted by Gasteiger charge is -2.31. The molecular weight excluding hydrogens is 354 g/mol. The van der Waals surface area contributed by atoms with Crippen LogP contribution in [0, 0.1) is 0 Å². The topological polar surface area (TPSA) is 73.7 Å². The summed E-state index contributed by atoms with van der Waals surface area (Å²) in [6.45, 7) is 5.47. The normalized spacial score (nSPS) is 22.3. The summed E-state index contributed by atoms with van der Waals surface area (Å²) in [7, 11) is -1.27. The van der Waals surface area contributed by atoms with Gasteiger partial charge < -0.3 is 14.0 Å². The van der Waals surface area contributed by atoms with Gasteiger partial charge in [-0.25, -0.2) is 13.4 Å². The van der Waals surface area contributed by atoms with E-state index in [1.54, 1.807) is 6.20 Å². The fraction of sp³-hybridized carbons (Fsp3) is 0.833. The van der Waals surface area contributed by atoms with Crippen LogP contribution in [0.2, 0.25) is 0 Å². The number of rotatable bonds is 8. The zero-order chi connectivity index (χ0) is 18.6. The second-order valence-corrected chi connectivity index (χ2v) is 9.36. The van der Waals surface area contributed by atoms with Crippen molar-refractivity contribution in [3.8, 4) is 0 Å². The van der Waals surface area contributed by atoms with Gasteiger partial charge in [0.1, 0.15) is 0 Å². The second-order valence-electron chi connectivity index (χ2n) is 7.36. The lowest BCUT2D eigenvalue weighted by atomic mass is 10.1. The van der Waals surface area contributed by atoms with Crippen LogP contribution in [0.25, 0.3) is 0 Å². The van der Waals surface area contributed by atoms with E-state index in [2.05, 4.69) is 16.9 Å². The summed E-state index contributed by atoms with van der Waals surface area (Å²) in [5, 5.41) is 0.199. The Kier molecular flexibility index (Phi) is 6.71. The fourth-order valence-corrected chi connectivity index (χ4v) is 5.29. The van der Waals surface area contributed by atoms with E-state index in [1.807, 2.05) is 11.5 Å². The van der Waals surface area contributed by atoms with Crippen molar-refractivity contribution in [2.75, 3.05) is 32.6 Å². The van der Waals surface area contributed by atoms with Crippen LogP contribution in [-0.4, -0.2) is 67.6 Å². The van der Waals surface area contributed by atoms with E-state index in [1.165, 1.54) is 0 Å². The zero-order valence-corrected chi connectivity index (χ0v) is 16.7. The van der Waals surface area contributed by atoms with Gasteiger partial charge >= 0.3 is 0 Å². The van der Waals surface area contributed by atoms with Crippen LogP contribution in [0.5, 0.6) is 0 Å². The molecule has 0 N–H and O–H groups in total. The first kappa shape index (κ1) is 19.8. The van der Waals surface area contributed by atoms with E-state index in [4.69, 9.17) is 9.47 Å². The predicted molar refractivity (Wildman–Crippen MR) is 98.9 cm³/mol. The maximum absolute atomic E-state index is 12.7. The van der Waals surface area contributed by atoms with Gasteiger partial charge in [0.15, 0.2) is 0 Å². The molecule has 2 saturated heterocycles.